The maximum absolute atomic E-state index is 5.52. The topological polar surface area (TPSA) is 56.6 Å². The fraction of sp³-hybridized carbons (Fsp3) is 0.700. The second-order valence-electron chi connectivity index (χ2n) is 8.01. The van der Waals surface area contributed by atoms with E-state index in [1.54, 1.807) is 0 Å². The number of hydrogen-bond acceptors (Lipinski definition) is 6. The summed E-state index contributed by atoms with van der Waals surface area (Å²) in [7, 11) is 0. The van der Waals surface area contributed by atoms with Gasteiger partial charge < -0.3 is 28.7 Å². The number of nitrogens with zero attached hydrogens (tertiary/aromatic N) is 2. The van der Waals surface area contributed by atoms with E-state index in [0.29, 0.717) is 24.4 Å². The van der Waals surface area contributed by atoms with Crippen LogP contribution in [0, 0.1) is 13.8 Å². The molecule has 1 aromatic carbocycles. The first-order valence-corrected chi connectivity index (χ1v) is 9.74. The Labute approximate surface area is 154 Å². The Morgan fingerprint density at radius 3 is 1.58 bits per heavy atom. The Morgan fingerprint density at radius 1 is 0.731 bits per heavy atom. The van der Waals surface area contributed by atoms with E-state index in [4.69, 9.17) is 18.9 Å². The summed E-state index contributed by atoms with van der Waals surface area (Å²) < 4.78 is 22.0. The molecule has 4 aliphatic heterocycles. The number of epoxide rings is 4. The van der Waals surface area contributed by atoms with E-state index < -0.39 is 0 Å². The molecule has 0 saturated carbocycles. The summed E-state index contributed by atoms with van der Waals surface area (Å²) >= 11 is 0. The SMILES string of the molecule is Cc1ccc(N(CC2CO2)CC2CO2)c(C)c1N(CC1CO1)CC1CO1. The minimum Gasteiger partial charge on any atom is -0.371 e. The van der Waals surface area contributed by atoms with E-state index in [-0.39, 0.29) is 0 Å². The van der Waals surface area contributed by atoms with Crippen molar-refractivity contribution in [2.24, 2.45) is 0 Å². The van der Waals surface area contributed by atoms with E-state index in [1.807, 2.05) is 0 Å². The van der Waals surface area contributed by atoms with Crippen LogP contribution < -0.4 is 9.80 Å². The highest BCUT2D eigenvalue weighted by Gasteiger charge is 2.34. The highest BCUT2D eigenvalue weighted by Crippen LogP contribution is 2.36. The second-order valence-corrected chi connectivity index (χ2v) is 8.01. The fourth-order valence-electron chi connectivity index (χ4n) is 3.86. The quantitative estimate of drug-likeness (QED) is 0.590. The predicted molar refractivity (Wildman–Crippen MR) is 99.3 cm³/mol. The Morgan fingerprint density at radius 2 is 1.15 bits per heavy atom. The van der Waals surface area contributed by atoms with Gasteiger partial charge in [0.1, 0.15) is 0 Å². The van der Waals surface area contributed by atoms with Crippen LogP contribution in [-0.2, 0) is 18.9 Å². The maximum atomic E-state index is 5.52. The van der Waals surface area contributed by atoms with Crippen molar-refractivity contribution in [3.8, 4) is 0 Å². The monoisotopic (exact) mass is 360 g/mol. The molecular formula is C20H28N2O4. The lowest BCUT2D eigenvalue weighted by Crippen LogP contribution is -2.35. The van der Waals surface area contributed by atoms with E-state index in [9.17, 15) is 0 Å². The molecule has 4 saturated heterocycles. The van der Waals surface area contributed by atoms with Crippen LogP contribution >= 0.6 is 0 Å². The van der Waals surface area contributed by atoms with Crippen LogP contribution in [0.25, 0.3) is 0 Å². The summed E-state index contributed by atoms with van der Waals surface area (Å²) in [5, 5.41) is 0. The van der Waals surface area contributed by atoms with Gasteiger partial charge in [0.2, 0.25) is 0 Å². The Balaban J connectivity index is 1.44. The van der Waals surface area contributed by atoms with Gasteiger partial charge in [0.05, 0.1) is 50.8 Å². The minimum atomic E-state index is 0.368. The average Bonchev–Trinajstić information content (AvgIpc) is 3.42. The van der Waals surface area contributed by atoms with E-state index in [0.717, 1.165) is 52.6 Å². The molecule has 0 N–H and O–H groups in total. The average molecular weight is 360 g/mol. The molecule has 0 aliphatic carbocycles. The molecule has 4 aliphatic rings. The normalized spacial score (nSPS) is 30.8. The lowest BCUT2D eigenvalue weighted by Gasteiger charge is -2.32. The highest BCUT2D eigenvalue weighted by molar-refractivity contribution is 5.71. The number of hydrogen-bond donors (Lipinski definition) is 0. The third kappa shape index (κ3) is 3.98. The Hall–Kier alpha value is -1.34. The summed E-state index contributed by atoms with van der Waals surface area (Å²) in [6.45, 7) is 11.8. The molecule has 0 amide bonds. The first-order chi connectivity index (χ1) is 12.7. The number of anilines is 2. The number of aryl methyl sites for hydroxylation is 1. The van der Waals surface area contributed by atoms with Crippen molar-refractivity contribution in [3.05, 3.63) is 23.3 Å². The van der Waals surface area contributed by atoms with Crippen molar-refractivity contribution >= 4 is 11.4 Å². The smallest absolute Gasteiger partial charge is 0.0984 e. The molecule has 1 aromatic rings. The van der Waals surface area contributed by atoms with Gasteiger partial charge >= 0.3 is 0 Å². The van der Waals surface area contributed by atoms with E-state index >= 15 is 0 Å². The fourth-order valence-corrected chi connectivity index (χ4v) is 3.86. The molecule has 4 heterocycles. The van der Waals surface area contributed by atoms with Gasteiger partial charge in [0.15, 0.2) is 0 Å². The van der Waals surface area contributed by atoms with Crippen molar-refractivity contribution in [2.45, 2.75) is 38.3 Å². The zero-order valence-corrected chi connectivity index (χ0v) is 15.6. The number of benzene rings is 1. The van der Waals surface area contributed by atoms with Gasteiger partial charge in [-0.05, 0) is 31.0 Å². The number of rotatable bonds is 10. The lowest BCUT2D eigenvalue weighted by atomic mass is 10.0. The predicted octanol–water partition coefficient (Wildman–Crippen LogP) is 1.51. The molecule has 0 aromatic heterocycles. The van der Waals surface area contributed by atoms with Crippen LogP contribution in [0.1, 0.15) is 11.1 Å². The minimum absolute atomic E-state index is 0.368. The number of ether oxygens (including phenoxy) is 4. The van der Waals surface area contributed by atoms with Gasteiger partial charge in [-0.3, -0.25) is 0 Å². The largest absolute Gasteiger partial charge is 0.371 e. The zero-order chi connectivity index (χ0) is 17.7. The maximum Gasteiger partial charge on any atom is 0.0984 e. The highest BCUT2D eigenvalue weighted by atomic mass is 16.6. The second kappa shape index (κ2) is 6.68. The summed E-state index contributed by atoms with van der Waals surface area (Å²) in [4.78, 5) is 4.93. The summed E-state index contributed by atoms with van der Waals surface area (Å²) in [5.74, 6) is 0. The lowest BCUT2D eigenvalue weighted by molar-refractivity contribution is 0.388. The first-order valence-electron chi connectivity index (χ1n) is 9.74. The standard InChI is InChI=1S/C20H28N2O4/c1-13-3-4-19(21(5-15-9-23-15)6-16-10-24-16)14(2)20(13)22(7-17-11-25-17)8-18-12-26-18/h3-4,15-18H,5-12H2,1-2H3. The van der Waals surface area contributed by atoms with Crippen LogP contribution in [0.2, 0.25) is 0 Å². The Kier molecular flexibility index (Phi) is 4.32. The van der Waals surface area contributed by atoms with Crippen molar-refractivity contribution < 1.29 is 18.9 Å². The molecule has 0 spiro atoms. The summed E-state index contributed by atoms with van der Waals surface area (Å²) in [6.07, 6.45) is 1.47. The van der Waals surface area contributed by atoms with Crippen LogP contribution in [0.5, 0.6) is 0 Å². The molecule has 4 unspecified atom stereocenters. The van der Waals surface area contributed by atoms with Crippen LogP contribution in [0.3, 0.4) is 0 Å². The van der Waals surface area contributed by atoms with Gasteiger partial charge in [-0.15, -0.1) is 0 Å². The van der Waals surface area contributed by atoms with Gasteiger partial charge in [0.25, 0.3) is 0 Å². The molecule has 4 fully saturated rings. The third-order valence-electron chi connectivity index (χ3n) is 5.57. The first kappa shape index (κ1) is 16.8. The molecule has 5 rings (SSSR count). The van der Waals surface area contributed by atoms with Crippen molar-refractivity contribution in [1.82, 2.24) is 0 Å². The van der Waals surface area contributed by atoms with Gasteiger partial charge in [-0.25, -0.2) is 0 Å². The molecular weight excluding hydrogens is 332 g/mol. The molecule has 0 radical (unpaired) electrons. The van der Waals surface area contributed by atoms with Crippen molar-refractivity contribution in [3.63, 3.8) is 0 Å². The van der Waals surface area contributed by atoms with Gasteiger partial charge in [-0.2, -0.15) is 0 Å². The zero-order valence-electron chi connectivity index (χ0n) is 15.6. The molecule has 6 nitrogen and oxygen atoms in total. The molecule has 142 valence electrons. The third-order valence-corrected chi connectivity index (χ3v) is 5.57. The molecule has 26 heavy (non-hydrogen) atoms. The van der Waals surface area contributed by atoms with E-state index in [1.165, 1.54) is 22.5 Å². The summed E-state index contributed by atoms with van der Waals surface area (Å²) in [5.41, 5.74) is 5.30. The Bertz CT molecular complexity index is 638. The van der Waals surface area contributed by atoms with Gasteiger partial charge in [-0.1, -0.05) is 6.07 Å². The summed E-state index contributed by atoms with van der Waals surface area (Å²) in [6, 6.07) is 4.51. The molecule has 4 atom stereocenters. The van der Waals surface area contributed by atoms with Gasteiger partial charge in [0, 0.05) is 37.6 Å². The van der Waals surface area contributed by atoms with Crippen LogP contribution in [-0.4, -0.2) is 77.0 Å². The van der Waals surface area contributed by atoms with Crippen molar-refractivity contribution in [2.75, 3.05) is 62.4 Å². The van der Waals surface area contributed by atoms with Crippen LogP contribution in [0.15, 0.2) is 12.1 Å². The molecule has 6 heteroatoms. The van der Waals surface area contributed by atoms with E-state index in [2.05, 4.69) is 35.8 Å². The molecule has 0 bridgehead atoms. The van der Waals surface area contributed by atoms with Crippen molar-refractivity contribution in [1.29, 1.82) is 0 Å². The van der Waals surface area contributed by atoms with Crippen LogP contribution in [0.4, 0.5) is 11.4 Å².